The number of nitrogens with one attached hydrogen (secondary N) is 2. The van der Waals surface area contributed by atoms with Crippen LogP contribution in [-0.4, -0.2) is 35.6 Å². The Morgan fingerprint density at radius 1 is 1.12 bits per heavy atom. The lowest BCUT2D eigenvalue weighted by atomic mass is 9.86. The molecule has 1 saturated carbocycles. The monoisotopic (exact) mass is 240 g/mol. The molecular weight excluding hydrogens is 220 g/mol. The van der Waals surface area contributed by atoms with Gasteiger partial charge in [0.05, 0.1) is 12.0 Å². The van der Waals surface area contributed by atoms with Crippen molar-refractivity contribution in [3.63, 3.8) is 0 Å². The molecule has 2 rings (SSSR count). The van der Waals surface area contributed by atoms with Crippen LogP contribution in [0.15, 0.2) is 0 Å². The third kappa shape index (κ3) is 3.19. The molecule has 1 aliphatic heterocycles. The minimum atomic E-state index is -0.702. The first kappa shape index (κ1) is 12.4. The number of hydrogen-bond donors (Lipinski definition) is 3. The lowest BCUT2D eigenvalue weighted by Gasteiger charge is -2.27. The number of hydrogen-bond acceptors (Lipinski definition) is 3. The molecule has 0 aromatic carbocycles. The summed E-state index contributed by atoms with van der Waals surface area (Å²) in [5.74, 6) is -0.832. The molecule has 1 amide bonds. The van der Waals surface area contributed by atoms with E-state index in [9.17, 15) is 9.59 Å². The van der Waals surface area contributed by atoms with Crippen molar-refractivity contribution >= 4 is 11.9 Å². The highest BCUT2D eigenvalue weighted by Gasteiger charge is 2.29. The first-order valence-electron chi connectivity index (χ1n) is 6.43. The van der Waals surface area contributed by atoms with E-state index in [1.165, 1.54) is 0 Å². The molecule has 5 heteroatoms. The molecule has 0 radical (unpaired) electrons. The van der Waals surface area contributed by atoms with Crippen LogP contribution in [-0.2, 0) is 9.59 Å². The summed E-state index contributed by atoms with van der Waals surface area (Å²) < 4.78 is 0. The summed E-state index contributed by atoms with van der Waals surface area (Å²) in [6, 6.07) is 0.132. The van der Waals surface area contributed by atoms with Crippen molar-refractivity contribution in [2.75, 3.05) is 6.54 Å². The number of rotatable bonds is 3. The molecule has 3 N–H and O–H groups in total. The maximum atomic E-state index is 11.8. The molecule has 17 heavy (non-hydrogen) atoms. The second kappa shape index (κ2) is 5.49. The molecule has 1 aliphatic carbocycles. The van der Waals surface area contributed by atoms with E-state index in [0.29, 0.717) is 12.8 Å². The maximum absolute atomic E-state index is 11.8. The minimum Gasteiger partial charge on any atom is -0.481 e. The van der Waals surface area contributed by atoms with E-state index in [2.05, 4.69) is 10.6 Å². The summed E-state index contributed by atoms with van der Waals surface area (Å²) in [7, 11) is 0. The van der Waals surface area contributed by atoms with Crippen LogP contribution in [0.25, 0.3) is 0 Å². The largest absolute Gasteiger partial charge is 0.481 e. The highest BCUT2D eigenvalue weighted by atomic mass is 16.4. The number of carbonyl (C=O) groups excluding carboxylic acids is 1. The van der Waals surface area contributed by atoms with Crippen molar-refractivity contribution in [2.45, 2.75) is 50.6 Å². The Balaban J connectivity index is 1.74. The molecule has 2 aliphatic rings. The zero-order valence-corrected chi connectivity index (χ0v) is 9.95. The zero-order valence-electron chi connectivity index (χ0n) is 9.95. The first-order valence-corrected chi connectivity index (χ1v) is 6.43. The highest BCUT2D eigenvalue weighted by Crippen LogP contribution is 2.24. The predicted molar refractivity (Wildman–Crippen MR) is 62.5 cm³/mol. The Labute approximate surface area is 101 Å². The van der Waals surface area contributed by atoms with Gasteiger partial charge in [-0.2, -0.15) is 0 Å². The van der Waals surface area contributed by atoms with Gasteiger partial charge in [0.1, 0.15) is 0 Å². The van der Waals surface area contributed by atoms with Gasteiger partial charge in [-0.3, -0.25) is 9.59 Å². The van der Waals surface area contributed by atoms with Crippen LogP contribution in [0.3, 0.4) is 0 Å². The molecule has 0 aromatic rings. The van der Waals surface area contributed by atoms with E-state index >= 15 is 0 Å². The Morgan fingerprint density at radius 3 is 2.35 bits per heavy atom. The van der Waals surface area contributed by atoms with Gasteiger partial charge in [-0.1, -0.05) is 0 Å². The van der Waals surface area contributed by atoms with Gasteiger partial charge in [-0.25, -0.2) is 0 Å². The van der Waals surface area contributed by atoms with E-state index in [4.69, 9.17) is 5.11 Å². The summed E-state index contributed by atoms with van der Waals surface area (Å²) in [6.07, 6.45) is 4.90. The summed E-state index contributed by atoms with van der Waals surface area (Å²) in [5.41, 5.74) is 0. The topological polar surface area (TPSA) is 78.4 Å². The number of carboxylic acid groups (broad SMARTS) is 1. The Hall–Kier alpha value is -1.10. The third-order valence-electron chi connectivity index (χ3n) is 3.80. The lowest BCUT2D eigenvalue weighted by Crippen LogP contribution is -2.46. The van der Waals surface area contributed by atoms with E-state index < -0.39 is 5.97 Å². The van der Waals surface area contributed by atoms with Crippen molar-refractivity contribution in [3.05, 3.63) is 0 Å². The van der Waals surface area contributed by atoms with Gasteiger partial charge in [0, 0.05) is 6.04 Å². The van der Waals surface area contributed by atoms with Gasteiger partial charge in [0.25, 0.3) is 0 Å². The fourth-order valence-corrected chi connectivity index (χ4v) is 2.69. The Kier molecular flexibility index (Phi) is 3.99. The van der Waals surface area contributed by atoms with Crippen LogP contribution in [0.1, 0.15) is 38.5 Å². The lowest BCUT2D eigenvalue weighted by molar-refractivity contribution is -0.142. The molecule has 96 valence electrons. The highest BCUT2D eigenvalue weighted by molar-refractivity contribution is 5.82. The van der Waals surface area contributed by atoms with Gasteiger partial charge in [-0.15, -0.1) is 0 Å². The molecule has 1 atom stereocenters. The molecule has 0 aromatic heterocycles. The second-order valence-electron chi connectivity index (χ2n) is 5.04. The minimum absolute atomic E-state index is 0.0350. The van der Waals surface area contributed by atoms with Crippen LogP contribution in [0.2, 0.25) is 0 Å². The summed E-state index contributed by atoms with van der Waals surface area (Å²) >= 11 is 0. The molecule has 1 saturated heterocycles. The summed E-state index contributed by atoms with van der Waals surface area (Å²) in [5, 5.41) is 15.1. The van der Waals surface area contributed by atoms with Crippen molar-refractivity contribution in [3.8, 4) is 0 Å². The SMILES string of the molecule is O=C(O)C1CCC(NC(=O)[C@@H]2CCCN2)CC1. The second-order valence-corrected chi connectivity index (χ2v) is 5.04. The predicted octanol–water partition coefficient (Wildman–Crippen LogP) is 0.498. The third-order valence-corrected chi connectivity index (χ3v) is 3.80. The van der Waals surface area contributed by atoms with Crippen molar-refractivity contribution in [2.24, 2.45) is 5.92 Å². The number of aliphatic carboxylic acids is 1. The standard InChI is InChI=1S/C12H20N2O3/c15-11(10-2-1-7-13-10)14-9-5-3-8(4-6-9)12(16)17/h8-10,13H,1-7H2,(H,14,15)(H,16,17)/t8?,9?,10-/m0/s1. The normalized spacial score (nSPS) is 33.3. The molecule has 2 fully saturated rings. The van der Waals surface area contributed by atoms with Crippen LogP contribution in [0.4, 0.5) is 0 Å². The first-order chi connectivity index (χ1) is 8.16. The van der Waals surface area contributed by atoms with Crippen molar-refractivity contribution in [1.29, 1.82) is 0 Å². The van der Waals surface area contributed by atoms with Crippen LogP contribution >= 0.6 is 0 Å². The summed E-state index contributed by atoms with van der Waals surface area (Å²) in [4.78, 5) is 22.6. The molecule has 0 spiro atoms. The van der Waals surface area contributed by atoms with Crippen LogP contribution in [0, 0.1) is 5.92 Å². The van der Waals surface area contributed by atoms with Gasteiger partial charge in [0.2, 0.25) is 5.91 Å². The quantitative estimate of drug-likeness (QED) is 0.671. The average Bonchev–Trinajstić information content (AvgIpc) is 2.83. The number of carboxylic acids is 1. The fraction of sp³-hybridized carbons (Fsp3) is 0.833. The molecular formula is C12H20N2O3. The van der Waals surface area contributed by atoms with E-state index in [-0.39, 0.29) is 23.9 Å². The number of amides is 1. The molecule has 0 unspecified atom stereocenters. The molecule has 0 bridgehead atoms. The smallest absolute Gasteiger partial charge is 0.306 e. The van der Waals surface area contributed by atoms with Crippen molar-refractivity contribution in [1.82, 2.24) is 10.6 Å². The summed E-state index contributed by atoms with van der Waals surface area (Å²) in [6.45, 7) is 0.920. The van der Waals surface area contributed by atoms with Gasteiger partial charge in [0.15, 0.2) is 0 Å². The van der Waals surface area contributed by atoms with E-state index in [1.54, 1.807) is 0 Å². The molecule has 1 heterocycles. The molecule has 5 nitrogen and oxygen atoms in total. The fourth-order valence-electron chi connectivity index (χ4n) is 2.69. The van der Waals surface area contributed by atoms with Gasteiger partial charge < -0.3 is 15.7 Å². The van der Waals surface area contributed by atoms with Crippen LogP contribution < -0.4 is 10.6 Å². The van der Waals surface area contributed by atoms with Gasteiger partial charge >= 0.3 is 5.97 Å². The van der Waals surface area contributed by atoms with E-state index in [1.807, 2.05) is 0 Å². The van der Waals surface area contributed by atoms with Crippen LogP contribution in [0.5, 0.6) is 0 Å². The van der Waals surface area contributed by atoms with Gasteiger partial charge in [-0.05, 0) is 45.1 Å². The zero-order chi connectivity index (χ0) is 12.3. The maximum Gasteiger partial charge on any atom is 0.306 e. The Bertz CT molecular complexity index is 292. The Morgan fingerprint density at radius 2 is 1.82 bits per heavy atom. The van der Waals surface area contributed by atoms with E-state index in [0.717, 1.165) is 32.2 Å². The average molecular weight is 240 g/mol. The van der Waals surface area contributed by atoms with Crippen molar-refractivity contribution < 1.29 is 14.7 Å². The number of carbonyl (C=O) groups is 2.